The van der Waals surface area contributed by atoms with Crippen LogP contribution in [0.2, 0.25) is 0 Å². The number of rotatable bonds is 2. The van der Waals surface area contributed by atoms with Crippen molar-refractivity contribution in [1.29, 1.82) is 0 Å². The molecule has 3 nitrogen and oxygen atoms in total. The molecule has 2 aromatic rings. The second-order valence-electron chi connectivity index (χ2n) is 7.70. The SMILES string of the molecule is c1ccc2c(c1)CCC[C@@H]2N1CCC(N2CNc3ccccc32)CC1. The molecular weight excluding hydrogens is 306 g/mol. The Kier molecular flexibility index (Phi) is 3.90. The molecule has 0 bridgehead atoms. The number of nitrogens with one attached hydrogen (secondary N) is 1. The standard InChI is InChI=1S/C22H27N3/c1-2-8-19-17(6-1)7-5-11-21(19)24-14-12-18(13-15-24)25-16-23-20-9-3-4-10-22(20)25/h1-4,6,8-10,18,21,23H,5,7,11-16H2/t21-/m0/s1. The van der Waals surface area contributed by atoms with E-state index in [2.05, 4.69) is 63.6 Å². The van der Waals surface area contributed by atoms with Gasteiger partial charge in [-0.3, -0.25) is 4.90 Å². The molecule has 1 aliphatic carbocycles. The summed E-state index contributed by atoms with van der Waals surface area (Å²) in [6.45, 7) is 3.42. The van der Waals surface area contributed by atoms with Gasteiger partial charge in [0.15, 0.2) is 0 Å². The van der Waals surface area contributed by atoms with Crippen LogP contribution in [0.25, 0.3) is 0 Å². The lowest BCUT2D eigenvalue weighted by Crippen LogP contribution is -2.46. The Hall–Kier alpha value is -2.00. The fourth-order valence-corrected chi connectivity index (χ4v) is 5.07. The second-order valence-corrected chi connectivity index (χ2v) is 7.70. The molecule has 3 aliphatic rings. The van der Waals surface area contributed by atoms with Crippen LogP contribution in [-0.4, -0.2) is 30.7 Å². The number of aryl methyl sites for hydroxylation is 1. The van der Waals surface area contributed by atoms with Gasteiger partial charge in [0.25, 0.3) is 0 Å². The number of likely N-dealkylation sites (tertiary alicyclic amines) is 1. The third-order valence-corrected chi connectivity index (χ3v) is 6.37. The van der Waals surface area contributed by atoms with E-state index in [0.29, 0.717) is 12.1 Å². The first-order chi connectivity index (χ1) is 12.4. The van der Waals surface area contributed by atoms with E-state index in [1.54, 1.807) is 11.1 Å². The summed E-state index contributed by atoms with van der Waals surface area (Å²) in [5.74, 6) is 0. The summed E-state index contributed by atoms with van der Waals surface area (Å²) >= 11 is 0. The minimum absolute atomic E-state index is 0.648. The van der Waals surface area contributed by atoms with E-state index in [1.165, 1.54) is 56.6 Å². The molecule has 0 unspecified atom stereocenters. The molecule has 5 rings (SSSR count). The van der Waals surface area contributed by atoms with Gasteiger partial charge in [-0.25, -0.2) is 0 Å². The summed E-state index contributed by atoms with van der Waals surface area (Å²) < 4.78 is 0. The van der Waals surface area contributed by atoms with E-state index in [0.717, 1.165) is 6.67 Å². The van der Waals surface area contributed by atoms with E-state index in [-0.39, 0.29) is 0 Å². The van der Waals surface area contributed by atoms with Gasteiger partial charge in [0.1, 0.15) is 0 Å². The quantitative estimate of drug-likeness (QED) is 0.878. The summed E-state index contributed by atoms with van der Waals surface area (Å²) in [7, 11) is 0. The topological polar surface area (TPSA) is 18.5 Å². The maximum absolute atomic E-state index is 3.55. The van der Waals surface area contributed by atoms with Crippen molar-refractivity contribution in [2.24, 2.45) is 0 Å². The molecule has 0 spiro atoms. The Balaban J connectivity index is 1.29. The molecule has 2 heterocycles. The smallest absolute Gasteiger partial charge is 0.0880 e. The van der Waals surface area contributed by atoms with Crippen LogP contribution in [0.5, 0.6) is 0 Å². The van der Waals surface area contributed by atoms with Crippen molar-refractivity contribution in [2.75, 3.05) is 30.0 Å². The van der Waals surface area contributed by atoms with Crippen LogP contribution >= 0.6 is 0 Å². The Bertz CT molecular complexity index is 748. The molecule has 2 aliphatic heterocycles. The molecule has 130 valence electrons. The van der Waals surface area contributed by atoms with Crippen LogP contribution < -0.4 is 10.2 Å². The highest BCUT2D eigenvalue weighted by atomic mass is 15.3. The van der Waals surface area contributed by atoms with E-state index in [9.17, 15) is 0 Å². The zero-order chi connectivity index (χ0) is 16.6. The maximum atomic E-state index is 3.55. The molecule has 0 aromatic heterocycles. The van der Waals surface area contributed by atoms with Gasteiger partial charge in [-0.2, -0.15) is 0 Å². The van der Waals surface area contributed by atoms with Crippen LogP contribution in [0, 0.1) is 0 Å². The van der Waals surface area contributed by atoms with Gasteiger partial charge in [0, 0.05) is 25.2 Å². The molecule has 0 amide bonds. The van der Waals surface area contributed by atoms with Crippen molar-refractivity contribution >= 4 is 11.4 Å². The Morgan fingerprint density at radius 1 is 0.880 bits per heavy atom. The highest BCUT2D eigenvalue weighted by molar-refractivity contribution is 5.74. The van der Waals surface area contributed by atoms with Gasteiger partial charge in [0.05, 0.1) is 18.0 Å². The lowest BCUT2D eigenvalue weighted by Gasteiger charge is -2.42. The van der Waals surface area contributed by atoms with Gasteiger partial charge < -0.3 is 10.2 Å². The summed E-state index contributed by atoms with van der Waals surface area (Å²) in [6.07, 6.45) is 6.48. The number of fused-ring (bicyclic) bond motifs is 2. The van der Waals surface area contributed by atoms with E-state index >= 15 is 0 Å². The molecule has 0 saturated carbocycles. The molecule has 1 fully saturated rings. The molecule has 25 heavy (non-hydrogen) atoms. The average Bonchev–Trinajstić information content (AvgIpc) is 3.12. The van der Waals surface area contributed by atoms with Crippen molar-refractivity contribution in [2.45, 2.75) is 44.2 Å². The summed E-state index contributed by atoms with van der Waals surface area (Å²) in [5.41, 5.74) is 5.87. The Morgan fingerprint density at radius 3 is 2.60 bits per heavy atom. The van der Waals surface area contributed by atoms with E-state index in [1.807, 2.05) is 0 Å². The van der Waals surface area contributed by atoms with Crippen molar-refractivity contribution < 1.29 is 0 Å². The normalized spacial score (nSPS) is 23.8. The fraction of sp³-hybridized carbons (Fsp3) is 0.455. The van der Waals surface area contributed by atoms with Crippen LogP contribution in [-0.2, 0) is 6.42 Å². The number of piperidine rings is 1. The minimum atomic E-state index is 0.648. The van der Waals surface area contributed by atoms with Crippen LogP contribution in [0.3, 0.4) is 0 Å². The summed E-state index contributed by atoms with van der Waals surface area (Å²) in [5, 5.41) is 3.55. The molecule has 0 radical (unpaired) electrons. The third-order valence-electron chi connectivity index (χ3n) is 6.37. The fourth-order valence-electron chi connectivity index (χ4n) is 5.07. The number of benzene rings is 2. The number of hydrogen-bond acceptors (Lipinski definition) is 3. The Labute approximate surface area is 150 Å². The van der Waals surface area contributed by atoms with Crippen molar-refractivity contribution in [1.82, 2.24) is 4.90 Å². The second kappa shape index (κ2) is 6.38. The monoisotopic (exact) mass is 333 g/mol. The van der Waals surface area contributed by atoms with Crippen molar-refractivity contribution in [3.63, 3.8) is 0 Å². The molecular formula is C22H27N3. The first kappa shape index (κ1) is 15.3. The largest absolute Gasteiger partial charge is 0.366 e. The van der Waals surface area contributed by atoms with E-state index < -0.39 is 0 Å². The van der Waals surface area contributed by atoms with Crippen LogP contribution in [0.1, 0.15) is 42.9 Å². The van der Waals surface area contributed by atoms with Crippen LogP contribution in [0.4, 0.5) is 11.4 Å². The Morgan fingerprint density at radius 2 is 1.68 bits per heavy atom. The number of nitrogens with zero attached hydrogens (tertiary/aromatic N) is 2. The minimum Gasteiger partial charge on any atom is -0.366 e. The maximum Gasteiger partial charge on any atom is 0.0880 e. The van der Waals surface area contributed by atoms with Crippen molar-refractivity contribution in [3.05, 3.63) is 59.7 Å². The first-order valence-corrected chi connectivity index (χ1v) is 9.81. The zero-order valence-corrected chi connectivity index (χ0v) is 14.8. The number of anilines is 2. The zero-order valence-electron chi connectivity index (χ0n) is 14.8. The first-order valence-electron chi connectivity index (χ1n) is 9.81. The summed E-state index contributed by atoms with van der Waals surface area (Å²) in [6, 6.07) is 19.2. The number of para-hydroxylation sites is 2. The van der Waals surface area contributed by atoms with Gasteiger partial charge >= 0.3 is 0 Å². The van der Waals surface area contributed by atoms with E-state index in [4.69, 9.17) is 0 Å². The molecule has 3 heteroatoms. The predicted molar refractivity (Wildman–Crippen MR) is 104 cm³/mol. The predicted octanol–water partition coefficient (Wildman–Crippen LogP) is 4.42. The third kappa shape index (κ3) is 2.71. The number of hydrogen-bond donors (Lipinski definition) is 1. The molecule has 1 saturated heterocycles. The van der Waals surface area contributed by atoms with Gasteiger partial charge in [-0.1, -0.05) is 36.4 Å². The van der Waals surface area contributed by atoms with Gasteiger partial charge in [-0.15, -0.1) is 0 Å². The lowest BCUT2D eigenvalue weighted by atomic mass is 9.85. The highest BCUT2D eigenvalue weighted by Crippen LogP contribution is 2.38. The van der Waals surface area contributed by atoms with Crippen molar-refractivity contribution in [3.8, 4) is 0 Å². The lowest BCUT2D eigenvalue weighted by molar-refractivity contribution is 0.137. The average molecular weight is 333 g/mol. The molecule has 2 aromatic carbocycles. The highest BCUT2D eigenvalue weighted by Gasteiger charge is 2.33. The van der Waals surface area contributed by atoms with Gasteiger partial charge in [-0.05, 0) is 55.4 Å². The van der Waals surface area contributed by atoms with Gasteiger partial charge in [0.2, 0.25) is 0 Å². The molecule has 1 atom stereocenters. The summed E-state index contributed by atoms with van der Waals surface area (Å²) in [4.78, 5) is 5.34. The van der Waals surface area contributed by atoms with Crippen LogP contribution in [0.15, 0.2) is 48.5 Å². The molecule has 1 N–H and O–H groups in total.